The molecule has 2 saturated heterocycles. The van der Waals surface area contributed by atoms with Gasteiger partial charge in [-0.15, -0.1) is 0 Å². The fourth-order valence-corrected chi connectivity index (χ4v) is 5.67. The van der Waals surface area contributed by atoms with Crippen LogP contribution in [-0.2, 0) is 19.7 Å². The van der Waals surface area contributed by atoms with Crippen LogP contribution in [0.5, 0.6) is 0 Å². The maximum Gasteiger partial charge on any atom is 0.239 e. The van der Waals surface area contributed by atoms with Crippen molar-refractivity contribution in [2.45, 2.75) is 37.3 Å². The van der Waals surface area contributed by atoms with Crippen LogP contribution in [0.1, 0.15) is 25.3 Å². The smallest absolute Gasteiger partial charge is 0.239 e. The van der Waals surface area contributed by atoms with Crippen LogP contribution >= 0.6 is 0 Å². The Kier molecular flexibility index (Phi) is 2.99. The number of piperidine rings is 1. The summed E-state index contributed by atoms with van der Waals surface area (Å²) in [6.45, 7) is 2.23. The van der Waals surface area contributed by atoms with E-state index in [0.29, 0.717) is 6.61 Å². The van der Waals surface area contributed by atoms with E-state index in [9.17, 15) is 9.59 Å². The number of nitrogens with zero attached hydrogens (tertiary/aromatic N) is 1. The third kappa shape index (κ3) is 1.77. The fourth-order valence-electron chi connectivity index (χ4n) is 5.67. The molecule has 5 heteroatoms. The summed E-state index contributed by atoms with van der Waals surface area (Å²) in [5, 5.41) is 3.71. The number of Topliss-reactive ketones (excluding diaryl/α,β-unsaturated/α-hetero) is 1. The molecule has 25 heavy (non-hydrogen) atoms. The number of amides is 1. The summed E-state index contributed by atoms with van der Waals surface area (Å²) in [5.41, 5.74) is 2.44. The van der Waals surface area contributed by atoms with E-state index in [2.05, 4.69) is 11.4 Å². The summed E-state index contributed by atoms with van der Waals surface area (Å²) >= 11 is 0. The molecule has 1 N–H and O–H groups in total. The van der Waals surface area contributed by atoms with Crippen LogP contribution in [0.3, 0.4) is 0 Å². The van der Waals surface area contributed by atoms with Crippen LogP contribution in [0.4, 0.5) is 5.69 Å². The molecule has 1 unspecified atom stereocenters. The highest BCUT2D eigenvalue weighted by Crippen LogP contribution is 2.55. The summed E-state index contributed by atoms with van der Waals surface area (Å²) in [7, 11) is 1.87. The zero-order valence-electron chi connectivity index (χ0n) is 14.5. The second kappa shape index (κ2) is 4.94. The van der Waals surface area contributed by atoms with E-state index >= 15 is 0 Å². The van der Waals surface area contributed by atoms with E-state index in [-0.39, 0.29) is 35.6 Å². The molecule has 0 aromatic heterocycles. The van der Waals surface area contributed by atoms with Gasteiger partial charge in [-0.1, -0.05) is 18.2 Å². The normalized spacial score (nSPS) is 38.2. The van der Waals surface area contributed by atoms with Gasteiger partial charge in [0.05, 0.1) is 18.3 Å². The molecule has 0 saturated carbocycles. The lowest BCUT2D eigenvalue weighted by Gasteiger charge is -2.41. The minimum Gasteiger partial charge on any atom is -0.500 e. The summed E-state index contributed by atoms with van der Waals surface area (Å²) < 4.78 is 5.61. The second-order valence-corrected chi connectivity index (χ2v) is 7.85. The van der Waals surface area contributed by atoms with Gasteiger partial charge in [-0.25, -0.2) is 0 Å². The monoisotopic (exact) mass is 338 g/mol. The van der Waals surface area contributed by atoms with Gasteiger partial charge in [0.1, 0.15) is 0 Å². The van der Waals surface area contributed by atoms with Crippen molar-refractivity contribution in [1.29, 1.82) is 0 Å². The predicted octanol–water partition coefficient (Wildman–Crippen LogP) is 1.77. The standard InChI is InChI=1S/C20H22N2O3/c1-11(23)13-9-25-10-14-12(13)7-18-20(8-16(14)21-18)15-5-3-4-6-17(15)22(2)19(20)24/h3-6,9,12,14,16,18,21H,7-8,10H2,1-2H3/t12-,14+,16-,18?,20-/m0/s1. The number of ether oxygens (including phenoxy) is 1. The summed E-state index contributed by atoms with van der Waals surface area (Å²) in [5.74, 6) is 0.708. The van der Waals surface area contributed by atoms with Gasteiger partial charge in [0.25, 0.3) is 0 Å². The van der Waals surface area contributed by atoms with E-state index in [1.807, 2.05) is 25.2 Å². The minimum absolute atomic E-state index is 0.0678. The molecule has 4 heterocycles. The van der Waals surface area contributed by atoms with Crippen molar-refractivity contribution in [2.24, 2.45) is 11.8 Å². The Labute approximate surface area is 147 Å². The maximum atomic E-state index is 13.3. The summed E-state index contributed by atoms with van der Waals surface area (Å²) in [6.07, 6.45) is 3.24. The molecule has 0 radical (unpaired) electrons. The van der Waals surface area contributed by atoms with Crippen molar-refractivity contribution in [3.05, 3.63) is 41.7 Å². The van der Waals surface area contributed by atoms with Gasteiger partial charge in [0.15, 0.2) is 5.78 Å². The van der Waals surface area contributed by atoms with Gasteiger partial charge in [-0.3, -0.25) is 9.59 Å². The van der Waals surface area contributed by atoms with E-state index in [1.54, 1.807) is 18.1 Å². The molecule has 2 bridgehead atoms. The Morgan fingerprint density at radius 1 is 1.36 bits per heavy atom. The first-order valence-electron chi connectivity index (χ1n) is 9.00. The molecule has 5 atom stereocenters. The number of ketones is 1. The lowest BCUT2D eigenvalue weighted by atomic mass is 9.72. The first-order valence-corrected chi connectivity index (χ1v) is 9.00. The number of carbonyl (C=O) groups is 2. The molecule has 4 aliphatic heterocycles. The van der Waals surface area contributed by atoms with E-state index in [1.165, 1.54) is 0 Å². The van der Waals surface area contributed by atoms with E-state index < -0.39 is 5.41 Å². The van der Waals surface area contributed by atoms with Crippen LogP contribution in [0.15, 0.2) is 36.1 Å². The first kappa shape index (κ1) is 15.1. The average molecular weight is 338 g/mol. The fraction of sp³-hybridized carbons (Fsp3) is 0.500. The van der Waals surface area contributed by atoms with Crippen LogP contribution in [0.25, 0.3) is 0 Å². The number of fused-ring (bicyclic) bond motifs is 7. The Morgan fingerprint density at radius 3 is 2.96 bits per heavy atom. The number of carbonyl (C=O) groups excluding carboxylic acids is 2. The molecular formula is C20H22N2O3. The minimum atomic E-state index is -0.505. The number of likely N-dealkylation sites (N-methyl/N-ethyl adjacent to an activating group) is 1. The number of hydrogen-bond donors (Lipinski definition) is 1. The number of nitrogens with one attached hydrogen (secondary N) is 1. The van der Waals surface area contributed by atoms with Crippen molar-refractivity contribution >= 4 is 17.4 Å². The van der Waals surface area contributed by atoms with Gasteiger partial charge in [0, 0.05) is 36.3 Å². The van der Waals surface area contributed by atoms with Crippen molar-refractivity contribution in [3.63, 3.8) is 0 Å². The van der Waals surface area contributed by atoms with Gasteiger partial charge in [-0.2, -0.15) is 0 Å². The van der Waals surface area contributed by atoms with Gasteiger partial charge in [-0.05, 0) is 37.3 Å². The van der Waals surface area contributed by atoms with Crippen LogP contribution in [-0.4, -0.2) is 37.4 Å². The van der Waals surface area contributed by atoms with E-state index in [0.717, 1.165) is 29.7 Å². The molecule has 1 spiro atoms. The molecule has 5 rings (SSSR count). The molecule has 0 aliphatic carbocycles. The highest BCUT2D eigenvalue weighted by Gasteiger charge is 2.63. The highest BCUT2D eigenvalue weighted by molar-refractivity contribution is 6.08. The van der Waals surface area contributed by atoms with Crippen molar-refractivity contribution in [2.75, 3.05) is 18.6 Å². The summed E-state index contributed by atoms with van der Waals surface area (Å²) in [6, 6.07) is 8.41. The molecule has 1 amide bonds. The zero-order chi connectivity index (χ0) is 17.3. The number of anilines is 1. The molecule has 1 aromatic rings. The lowest BCUT2D eigenvalue weighted by Crippen LogP contribution is -2.53. The topological polar surface area (TPSA) is 58.6 Å². The van der Waals surface area contributed by atoms with Crippen molar-refractivity contribution < 1.29 is 14.3 Å². The third-order valence-electron chi connectivity index (χ3n) is 6.81. The number of rotatable bonds is 1. The predicted molar refractivity (Wildman–Crippen MR) is 93.2 cm³/mol. The van der Waals surface area contributed by atoms with E-state index in [4.69, 9.17) is 4.74 Å². The molecule has 1 aromatic carbocycles. The van der Waals surface area contributed by atoms with Crippen LogP contribution in [0.2, 0.25) is 0 Å². The molecule has 130 valence electrons. The molecule has 4 aliphatic rings. The lowest BCUT2D eigenvalue weighted by molar-refractivity contribution is -0.123. The Bertz CT molecular complexity index is 817. The highest BCUT2D eigenvalue weighted by atomic mass is 16.5. The number of hydrogen-bond acceptors (Lipinski definition) is 4. The van der Waals surface area contributed by atoms with Crippen molar-refractivity contribution in [1.82, 2.24) is 5.32 Å². The van der Waals surface area contributed by atoms with Gasteiger partial charge in [0.2, 0.25) is 5.91 Å². The van der Waals surface area contributed by atoms with Crippen molar-refractivity contribution in [3.8, 4) is 0 Å². The number of benzene rings is 1. The molecule has 5 nitrogen and oxygen atoms in total. The summed E-state index contributed by atoms with van der Waals surface area (Å²) in [4.78, 5) is 27.2. The largest absolute Gasteiger partial charge is 0.500 e. The Morgan fingerprint density at radius 2 is 2.16 bits per heavy atom. The van der Waals surface area contributed by atoms with Gasteiger partial charge >= 0.3 is 0 Å². The first-order chi connectivity index (χ1) is 12.0. The quantitative estimate of drug-likeness (QED) is 0.848. The van der Waals surface area contributed by atoms with Crippen LogP contribution in [0, 0.1) is 11.8 Å². The van der Waals surface area contributed by atoms with Crippen LogP contribution < -0.4 is 10.2 Å². The Hall–Kier alpha value is -2.14. The SMILES string of the molecule is CC(=O)C1=COC[C@H]2[C@@H]3C[C@@]4(C(=O)N(C)c5ccccc54)C(C[C@@H]12)N3. The van der Waals surface area contributed by atoms with Gasteiger partial charge < -0.3 is 15.0 Å². The Balaban J connectivity index is 1.61. The third-order valence-corrected chi connectivity index (χ3v) is 6.81. The molecule has 2 fully saturated rings. The second-order valence-electron chi connectivity index (χ2n) is 7.85. The maximum absolute atomic E-state index is 13.3. The molecular weight excluding hydrogens is 316 g/mol. The average Bonchev–Trinajstić information content (AvgIpc) is 3.04. The number of para-hydroxylation sites is 1. The zero-order valence-corrected chi connectivity index (χ0v) is 14.5. The number of allylic oxidation sites excluding steroid dienone is 1.